The first-order chi connectivity index (χ1) is 13.3. The third kappa shape index (κ3) is 6.57. The number of carbonyl (C=O) groups excluding carboxylic acids is 2. The van der Waals surface area contributed by atoms with Crippen LogP contribution in [0.25, 0.3) is 6.08 Å². The van der Waals surface area contributed by atoms with Crippen LogP contribution in [-0.2, 0) is 26.9 Å². The minimum absolute atomic E-state index is 0.190. The highest BCUT2D eigenvalue weighted by atomic mass is 19.4. The van der Waals surface area contributed by atoms with E-state index in [0.29, 0.717) is 0 Å². The van der Waals surface area contributed by atoms with Crippen molar-refractivity contribution >= 4 is 18.0 Å². The molecule has 0 aliphatic rings. The maximum atomic E-state index is 12.8. The number of nitrogens with one attached hydrogen (secondary N) is 1. The van der Waals surface area contributed by atoms with E-state index in [2.05, 4.69) is 5.32 Å². The minimum Gasteiger partial charge on any atom is -0.467 e. The highest BCUT2D eigenvalue weighted by Gasteiger charge is 2.30. The maximum Gasteiger partial charge on any atom is 0.416 e. The Bertz CT molecular complexity index is 832. The monoisotopic (exact) mass is 391 g/mol. The lowest BCUT2D eigenvalue weighted by atomic mass is 10.1. The summed E-state index contributed by atoms with van der Waals surface area (Å²) >= 11 is 0. The first kappa shape index (κ1) is 21.2. The number of esters is 1. The van der Waals surface area contributed by atoms with E-state index in [1.165, 1.54) is 19.2 Å². The molecule has 4 nitrogen and oxygen atoms in total. The molecule has 0 heterocycles. The van der Waals surface area contributed by atoms with Crippen molar-refractivity contribution < 1.29 is 27.5 Å². The molecule has 0 aliphatic heterocycles. The molecule has 1 atom stereocenters. The van der Waals surface area contributed by atoms with E-state index in [1.807, 2.05) is 30.3 Å². The summed E-state index contributed by atoms with van der Waals surface area (Å²) in [5.74, 6) is -1.20. The van der Waals surface area contributed by atoms with Crippen LogP contribution in [-0.4, -0.2) is 25.0 Å². The van der Waals surface area contributed by atoms with E-state index in [0.717, 1.165) is 17.7 Å². The molecule has 148 valence electrons. The van der Waals surface area contributed by atoms with Crippen LogP contribution in [0.4, 0.5) is 13.2 Å². The van der Waals surface area contributed by atoms with Gasteiger partial charge in [-0.2, -0.15) is 13.2 Å². The van der Waals surface area contributed by atoms with Gasteiger partial charge in [-0.25, -0.2) is 4.79 Å². The van der Waals surface area contributed by atoms with Crippen LogP contribution in [0.1, 0.15) is 23.1 Å². The highest BCUT2D eigenvalue weighted by Crippen LogP contribution is 2.29. The zero-order chi connectivity index (χ0) is 20.6. The lowest BCUT2D eigenvalue weighted by Gasteiger charge is -2.15. The highest BCUT2D eigenvalue weighted by molar-refractivity contribution is 5.85. The molecule has 1 amide bonds. The van der Waals surface area contributed by atoms with Gasteiger partial charge in [0.25, 0.3) is 0 Å². The van der Waals surface area contributed by atoms with E-state index < -0.39 is 29.7 Å². The molecule has 0 saturated heterocycles. The van der Waals surface area contributed by atoms with Crippen LogP contribution in [0.5, 0.6) is 0 Å². The van der Waals surface area contributed by atoms with E-state index in [1.54, 1.807) is 12.2 Å². The average Bonchev–Trinajstić information content (AvgIpc) is 2.67. The van der Waals surface area contributed by atoms with Crippen LogP contribution >= 0.6 is 0 Å². The molecule has 0 aromatic heterocycles. The standard InChI is InChI=1S/C21H20F3NO3/c1-28-20(27)18(12-6-9-15-7-3-2-4-8-15)25-19(26)14-16-10-5-11-17(13-16)21(22,23)24/h2-11,13,18H,12,14H2,1H3,(H,25,26)/b9-6+/t18-/m0/s1. The van der Waals surface area contributed by atoms with Crippen molar-refractivity contribution in [3.8, 4) is 0 Å². The molecular weight excluding hydrogens is 371 g/mol. The Balaban J connectivity index is 2.01. The fraction of sp³-hybridized carbons (Fsp3) is 0.238. The average molecular weight is 391 g/mol. The molecule has 7 heteroatoms. The molecule has 2 aromatic rings. The number of alkyl halides is 3. The van der Waals surface area contributed by atoms with Crippen molar-refractivity contribution in [1.82, 2.24) is 5.32 Å². The van der Waals surface area contributed by atoms with E-state index >= 15 is 0 Å². The number of hydrogen-bond donors (Lipinski definition) is 1. The third-order valence-electron chi connectivity index (χ3n) is 3.92. The van der Waals surface area contributed by atoms with Gasteiger partial charge in [0.15, 0.2) is 0 Å². The number of hydrogen-bond acceptors (Lipinski definition) is 3. The second-order valence-corrected chi connectivity index (χ2v) is 6.07. The van der Waals surface area contributed by atoms with Crippen LogP contribution in [0.3, 0.4) is 0 Å². The zero-order valence-corrected chi connectivity index (χ0v) is 15.2. The van der Waals surface area contributed by atoms with Crippen molar-refractivity contribution in [2.45, 2.75) is 25.1 Å². The first-order valence-corrected chi connectivity index (χ1v) is 8.54. The summed E-state index contributed by atoms with van der Waals surface area (Å²) < 4.78 is 43.0. The Morgan fingerprint density at radius 1 is 1.11 bits per heavy atom. The van der Waals surface area contributed by atoms with Crippen LogP contribution in [0, 0.1) is 0 Å². The molecule has 0 spiro atoms. The number of carbonyl (C=O) groups is 2. The quantitative estimate of drug-likeness (QED) is 0.726. The Labute approximate surface area is 161 Å². The predicted molar refractivity (Wildman–Crippen MR) is 99.2 cm³/mol. The van der Waals surface area contributed by atoms with E-state index in [4.69, 9.17) is 4.74 Å². The van der Waals surface area contributed by atoms with E-state index in [-0.39, 0.29) is 18.4 Å². The van der Waals surface area contributed by atoms with Crippen molar-refractivity contribution in [1.29, 1.82) is 0 Å². The van der Waals surface area contributed by atoms with Crippen LogP contribution in [0.2, 0.25) is 0 Å². The summed E-state index contributed by atoms with van der Waals surface area (Å²) in [6.45, 7) is 0. The van der Waals surface area contributed by atoms with Gasteiger partial charge in [0.2, 0.25) is 5.91 Å². The topological polar surface area (TPSA) is 55.4 Å². The van der Waals surface area contributed by atoms with E-state index in [9.17, 15) is 22.8 Å². The molecule has 2 rings (SSSR count). The van der Waals surface area contributed by atoms with Gasteiger partial charge >= 0.3 is 12.1 Å². The Morgan fingerprint density at radius 3 is 2.46 bits per heavy atom. The fourth-order valence-corrected chi connectivity index (χ4v) is 2.55. The summed E-state index contributed by atoms with van der Waals surface area (Å²) in [4.78, 5) is 24.1. The van der Waals surface area contributed by atoms with Gasteiger partial charge in [0.05, 0.1) is 19.1 Å². The summed E-state index contributed by atoms with van der Waals surface area (Å²) in [7, 11) is 1.20. The second-order valence-electron chi connectivity index (χ2n) is 6.07. The van der Waals surface area contributed by atoms with Crippen molar-refractivity contribution in [2.24, 2.45) is 0 Å². The lowest BCUT2D eigenvalue weighted by molar-refractivity contribution is -0.144. The molecular formula is C21H20F3NO3. The number of ether oxygens (including phenoxy) is 1. The number of amides is 1. The van der Waals surface area contributed by atoms with Gasteiger partial charge in [-0.3, -0.25) is 4.79 Å². The third-order valence-corrected chi connectivity index (χ3v) is 3.92. The normalized spacial score (nSPS) is 12.6. The van der Waals surface area contributed by atoms with Crippen LogP contribution < -0.4 is 5.32 Å². The Kier molecular flexibility index (Phi) is 7.37. The van der Waals surface area contributed by atoms with Crippen LogP contribution in [0.15, 0.2) is 60.7 Å². The molecule has 28 heavy (non-hydrogen) atoms. The number of benzene rings is 2. The number of rotatable bonds is 7. The summed E-state index contributed by atoms with van der Waals surface area (Å²) in [5, 5.41) is 2.51. The Hall–Kier alpha value is -3.09. The molecule has 0 radical (unpaired) electrons. The van der Waals surface area contributed by atoms with Gasteiger partial charge < -0.3 is 10.1 Å². The molecule has 0 bridgehead atoms. The second kappa shape index (κ2) is 9.73. The summed E-state index contributed by atoms with van der Waals surface area (Å²) in [6.07, 6.45) is -1.05. The number of halogens is 3. The van der Waals surface area contributed by atoms with Gasteiger partial charge in [-0.05, 0) is 23.6 Å². The molecule has 2 aromatic carbocycles. The van der Waals surface area contributed by atoms with Gasteiger partial charge in [-0.1, -0.05) is 60.7 Å². The molecule has 1 N–H and O–H groups in total. The predicted octanol–water partition coefficient (Wildman–Crippen LogP) is 4.01. The van der Waals surface area contributed by atoms with Gasteiger partial charge in [0, 0.05) is 0 Å². The molecule has 0 saturated carbocycles. The van der Waals surface area contributed by atoms with Gasteiger partial charge in [0.1, 0.15) is 6.04 Å². The smallest absolute Gasteiger partial charge is 0.416 e. The fourth-order valence-electron chi connectivity index (χ4n) is 2.55. The minimum atomic E-state index is -4.48. The number of methoxy groups -OCH3 is 1. The van der Waals surface area contributed by atoms with Crippen molar-refractivity contribution in [3.63, 3.8) is 0 Å². The Morgan fingerprint density at radius 2 is 1.82 bits per heavy atom. The SMILES string of the molecule is COC(=O)[C@H](C/C=C/c1ccccc1)NC(=O)Cc1cccc(C(F)(F)F)c1. The zero-order valence-electron chi connectivity index (χ0n) is 15.2. The maximum absolute atomic E-state index is 12.8. The largest absolute Gasteiger partial charge is 0.467 e. The summed E-state index contributed by atoms with van der Waals surface area (Å²) in [6, 6.07) is 13.0. The van der Waals surface area contributed by atoms with Crippen molar-refractivity contribution in [2.75, 3.05) is 7.11 Å². The molecule has 0 aliphatic carbocycles. The van der Waals surface area contributed by atoms with Gasteiger partial charge in [-0.15, -0.1) is 0 Å². The molecule has 0 unspecified atom stereocenters. The molecule has 0 fully saturated rings. The summed E-state index contributed by atoms with van der Waals surface area (Å²) in [5.41, 5.74) is 0.310. The lowest BCUT2D eigenvalue weighted by Crippen LogP contribution is -2.41. The van der Waals surface area contributed by atoms with Crippen molar-refractivity contribution in [3.05, 3.63) is 77.4 Å². The first-order valence-electron chi connectivity index (χ1n) is 8.54.